The number of rotatable bonds is 7. The first-order valence-electron chi connectivity index (χ1n) is 12.6. The lowest BCUT2D eigenvalue weighted by molar-refractivity contribution is -0.158. The SMILES string of the molecule is C[C@@H](Nc1nc(N2CC([C@H]3CCCN(C4CC(C)(C(=O)O)C4)C3)C2)ncc1Cl)c1ccc(Cl)cc1Cl. The van der Waals surface area contributed by atoms with Gasteiger partial charge in [0.2, 0.25) is 5.95 Å². The maximum Gasteiger partial charge on any atom is 0.309 e. The van der Waals surface area contributed by atoms with Crippen molar-refractivity contribution >= 4 is 52.5 Å². The largest absolute Gasteiger partial charge is 0.481 e. The van der Waals surface area contributed by atoms with Crippen molar-refractivity contribution < 1.29 is 9.90 Å². The Morgan fingerprint density at radius 3 is 2.61 bits per heavy atom. The smallest absolute Gasteiger partial charge is 0.309 e. The van der Waals surface area contributed by atoms with Crippen molar-refractivity contribution in [3.8, 4) is 0 Å². The molecule has 2 N–H and O–H groups in total. The summed E-state index contributed by atoms with van der Waals surface area (Å²) >= 11 is 18.8. The van der Waals surface area contributed by atoms with Crippen molar-refractivity contribution in [2.24, 2.45) is 17.3 Å². The molecule has 5 rings (SSSR count). The van der Waals surface area contributed by atoms with Crippen LogP contribution in [0.1, 0.15) is 51.1 Å². The van der Waals surface area contributed by atoms with E-state index in [2.05, 4.69) is 20.1 Å². The molecule has 1 aliphatic carbocycles. The van der Waals surface area contributed by atoms with Gasteiger partial charge in [0.15, 0.2) is 5.82 Å². The van der Waals surface area contributed by atoms with Crippen LogP contribution in [0.5, 0.6) is 0 Å². The van der Waals surface area contributed by atoms with Crippen molar-refractivity contribution in [2.45, 2.75) is 51.6 Å². The number of anilines is 2. The maximum atomic E-state index is 11.5. The Balaban J connectivity index is 1.17. The van der Waals surface area contributed by atoms with E-state index in [1.54, 1.807) is 12.3 Å². The van der Waals surface area contributed by atoms with Gasteiger partial charge in [-0.1, -0.05) is 40.9 Å². The Labute approximate surface area is 227 Å². The Bertz CT molecular complexity index is 1140. The summed E-state index contributed by atoms with van der Waals surface area (Å²) in [4.78, 5) is 25.4. The number of carbonyl (C=O) groups is 1. The first-order chi connectivity index (χ1) is 17.1. The van der Waals surface area contributed by atoms with E-state index in [1.165, 1.54) is 12.8 Å². The first kappa shape index (κ1) is 25.8. The Morgan fingerprint density at radius 1 is 1.17 bits per heavy atom. The monoisotopic (exact) mass is 551 g/mol. The molecule has 7 nitrogen and oxygen atoms in total. The molecule has 2 saturated heterocycles. The lowest BCUT2D eigenvalue weighted by Crippen LogP contribution is -2.58. The van der Waals surface area contributed by atoms with E-state index in [4.69, 9.17) is 39.8 Å². The molecule has 0 spiro atoms. The van der Waals surface area contributed by atoms with Crippen molar-refractivity contribution in [3.63, 3.8) is 0 Å². The van der Waals surface area contributed by atoms with Gasteiger partial charge >= 0.3 is 5.97 Å². The molecule has 194 valence electrons. The number of piperidine rings is 1. The average molecular weight is 553 g/mol. The molecule has 3 heterocycles. The highest BCUT2D eigenvalue weighted by Gasteiger charge is 2.49. The maximum absolute atomic E-state index is 11.5. The Hall–Kier alpha value is -1.80. The average Bonchev–Trinajstić information content (AvgIpc) is 2.78. The number of hydrogen-bond acceptors (Lipinski definition) is 6. The third kappa shape index (κ3) is 5.13. The highest BCUT2D eigenvalue weighted by molar-refractivity contribution is 6.35. The molecule has 3 fully saturated rings. The number of nitrogens with one attached hydrogen (secondary N) is 1. The fourth-order valence-electron chi connectivity index (χ4n) is 5.89. The highest BCUT2D eigenvalue weighted by atomic mass is 35.5. The lowest BCUT2D eigenvalue weighted by atomic mass is 9.65. The van der Waals surface area contributed by atoms with Crippen LogP contribution in [0.2, 0.25) is 15.1 Å². The second kappa shape index (κ2) is 10.2. The zero-order chi connectivity index (χ0) is 25.6. The molecule has 10 heteroatoms. The van der Waals surface area contributed by atoms with E-state index in [0.717, 1.165) is 44.6 Å². The number of halogens is 3. The number of aliphatic carboxylic acids is 1. The van der Waals surface area contributed by atoms with Gasteiger partial charge in [-0.2, -0.15) is 4.98 Å². The quantitative estimate of drug-likeness (QED) is 0.435. The van der Waals surface area contributed by atoms with E-state index in [9.17, 15) is 9.90 Å². The van der Waals surface area contributed by atoms with Crippen molar-refractivity contribution in [3.05, 3.63) is 45.0 Å². The molecular formula is C26H32Cl3N5O2. The molecule has 0 unspecified atom stereocenters. The molecule has 2 aromatic rings. The standard InChI is InChI=1S/C26H32Cl3N5O2/c1-15(20-6-5-18(27)8-21(20)28)31-23-22(29)11-30-25(32-23)34-13-17(14-34)16-4-3-7-33(12-16)19-9-26(2,10-19)24(35)36/h5-6,8,11,15-17,19H,3-4,7,9-10,12-14H2,1-2H3,(H,35,36)(H,30,31,32)/t15-,16+,19?,26?/m1/s1. The van der Waals surface area contributed by atoms with Crippen LogP contribution in [-0.2, 0) is 4.79 Å². The number of carboxylic acids is 1. The number of benzene rings is 1. The van der Waals surface area contributed by atoms with Crippen LogP contribution in [0.3, 0.4) is 0 Å². The fourth-order valence-corrected chi connectivity index (χ4v) is 6.61. The number of carboxylic acid groups (broad SMARTS) is 1. The van der Waals surface area contributed by atoms with Crippen LogP contribution in [-0.4, -0.2) is 58.2 Å². The summed E-state index contributed by atoms with van der Waals surface area (Å²) in [6, 6.07) is 5.75. The van der Waals surface area contributed by atoms with Crippen LogP contribution in [0.4, 0.5) is 11.8 Å². The molecule has 36 heavy (non-hydrogen) atoms. The number of aromatic nitrogens is 2. The van der Waals surface area contributed by atoms with Gasteiger partial charge in [0.05, 0.1) is 17.7 Å². The summed E-state index contributed by atoms with van der Waals surface area (Å²) in [5, 5.41) is 14.5. The molecular weight excluding hydrogens is 521 g/mol. The summed E-state index contributed by atoms with van der Waals surface area (Å²) in [7, 11) is 0. The molecule has 1 aromatic heterocycles. The predicted molar refractivity (Wildman–Crippen MR) is 144 cm³/mol. The summed E-state index contributed by atoms with van der Waals surface area (Å²) in [6.07, 6.45) is 5.58. The van der Waals surface area contributed by atoms with Crippen LogP contribution < -0.4 is 10.2 Å². The van der Waals surface area contributed by atoms with Crippen molar-refractivity contribution in [1.82, 2.24) is 14.9 Å². The Kier molecular flexibility index (Phi) is 7.29. The summed E-state index contributed by atoms with van der Waals surface area (Å²) in [6.45, 7) is 7.87. The van der Waals surface area contributed by atoms with Crippen LogP contribution >= 0.6 is 34.8 Å². The molecule has 0 bridgehead atoms. The first-order valence-corrected chi connectivity index (χ1v) is 13.7. The van der Waals surface area contributed by atoms with Gasteiger partial charge in [-0.15, -0.1) is 0 Å². The molecule has 0 radical (unpaired) electrons. The third-order valence-corrected chi connectivity index (χ3v) is 9.11. The van der Waals surface area contributed by atoms with Gasteiger partial charge in [-0.3, -0.25) is 4.79 Å². The fraction of sp³-hybridized carbons (Fsp3) is 0.577. The Morgan fingerprint density at radius 2 is 1.92 bits per heavy atom. The second-order valence-corrected chi connectivity index (χ2v) is 12.1. The number of likely N-dealkylation sites (tertiary alicyclic amines) is 1. The number of hydrogen-bond donors (Lipinski definition) is 2. The van der Waals surface area contributed by atoms with E-state index >= 15 is 0 Å². The molecule has 0 amide bonds. The van der Waals surface area contributed by atoms with Crippen LogP contribution in [0.25, 0.3) is 0 Å². The van der Waals surface area contributed by atoms with Gasteiger partial charge in [-0.05, 0) is 75.6 Å². The van der Waals surface area contributed by atoms with E-state index in [1.807, 2.05) is 26.0 Å². The van der Waals surface area contributed by atoms with E-state index in [-0.39, 0.29) is 6.04 Å². The highest BCUT2D eigenvalue weighted by Crippen LogP contribution is 2.45. The van der Waals surface area contributed by atoms with Gasteiger partial charge in [0.1, 0.15) is 5.02 Å². The summed E-state index contributed by atoms with van der Waals surface area (Å²) < 4.78 is 0. The van der Waals surface area contributed by atoms with Gasteiger partial charge < -0.3 is 20.2 Å². The predicted octanol–water partition coefficient (Wildman–Crippen LogP) is 6.01. The lowest BCUT2D eigenvalue weighted by Gasteiger charge is -2.52. The normalized spacial score (nSPS) is 27.8. The van der Waals surface area contributed by atoms with Gasteiger partial charge in [0.25, 0.3) is 0 Å². The summed E-state index contributed by atoms with van der Waals surface area (Å²) in [5.74, 6) is 1.82. The summed E-state index contributed by atoms with van der Waals surface area (Å²) in [5.41, 5.74) is 0.372. The van der Waals surface area contributed by atoms with E-state index < -0.39 is 11.4 Å². The number of nitrogens with zero attached hydrogens (tertiary/aromatic N) is 4. The minimum Gasteiger partial charge on any atom is -0.481 e. The van der Waals surface area contributed by atoms with Crippen molar-refractivity contribution in [2.75, 3.05) is 36.4 Å². The van der Waals surface area contributed by atoms with E-state index in [0.29, 0.717) is 44.7 Å². The molecule has 3 aliphatic rings. The molecule has 1 saturated carbocycles. The second-order valence-electron chi connectivity index (χ2n) is 10.9. The zero-order valence-corrected chi connectivity index (χ0v) is 22.8. The molecule has 2 aliphatic heterocycles. The molecule has 2 atom stereocenters. The third-order valence-electron chi connectivity index (χ3n) is 8.27. The topological polar surface area (TPSA) is 81.6 Å². The minimum atomic E-state index is -0.663. The van der Waals surface area contributed by atoms with Gasteiger partial charge in [0, 0.05) is 35.7 Å². The minimum absolute atomic E-state index is 0.109. The van der Waals surface area contributed by atoms with Crippen LogP contribution in [0, 0.1) is 17.3 Å². The van der Waals surface area contributed by atoms with Gasteiger partial charge in [-0.25, -0.2) is 4.98 Å². The van der Waals surface area contributed by atoms with Crippen molar-refractivity contribution in [1.29, 1.82) is 0 Å². The zero-order valence-electron chi connectivity index (χ0n) is 20.6. The van der Waals surface area contributed by atoms with Crippen LogP contribution in [0.15, 0.2) is 24.4 Å². The molecule has 1 aromatic carbocycles.